The Morgan fingerprint density at radius 2 is 2.04 bits per heavy atom. The molecule has 0 aliphatic rings. The number of nitrogens with zero attached hydrogens (tertiary/aromatic N) is 2. The van der Waals surface area contributed by atoms with Crippen molar-refractivity contribution in [2.75, 3.05) is 11.4 Å². The largest absolute Gasteiger partial charge is 0.464 e. The van der Waals surface area contributed by atoms with Gasteiger partial charge in [-0.1, -0.05) is 12.1 Å². The highest BCUT2D eigenvalue weighted by Gasteiger charge is 2.20. The molecule has 1 amide bonds. The highest BCUT2D eigenvalue weighted by atomic mass is 16.3. The molecule has 0 saturated carbocycles. The highest BCUT2D eigenvalue weighted by Crippen LogP contribution is 2.26. The molecule has 0 aliphatic heterocycles. The van der Waals surface area contributed by atoms with Crippen molar-refractivity contribution in [3.63, 3.8) is 0 Å². The van der Waals surface area contributed by atoms with Crippen LogP contribution in [0.5, 0.6) is 0 Å². The van der Waals surface area contributed by atoms with Crippen LogP contribution in [-0.4, -0.2) is 12.5 Å². The lowest BCUT2D eigenvalue weighted by atomic mass is 10.1. The Morgan fingerprint density at radius 1 is 1.21 bits per heavy atom. The van der Waals surface area contributed by atoms with Gasteiger partial charge in [0.1, 0.15) is 5.58 Å². The van der Waals surface area contributed by atoms with Crippen LogP contribution in [0, 0.1) is 25.2 Å². The molecule has 0 radical (unpaired) electrons. The third kappa shape index (κ3) is 2.89. The second kappa shape index (κ2) is 6.59. The van der Waals surface area contributed by atoms with Crippen LogP contribution >= 0.6 is 0 Å². The van der Waals surface area contributed by atoms with Crippen LogP contribution in [0.25, 0.3) is 11.0 Å². The number of amides is 1. The third-order valence-corrected chi connectivity index (χ3v) is 4.26. The van der Waals surface area contributed by atoms with Crippen LogP contribution in [-0.2, 0) is 0 Å². The quantitative estimate of drug-likeness (QED) is 0.706. The monoisotopic (exact) mass is 318 g/mol. The molecule has 3 aromatic rings. The maximum Gasteiger partial charge on any atom is 0.258 e. The fourth-order valence-electron chi connectivity index (χ4n) is 2.78. The maximum atomic E-state index is 13.1. The minimum atomic E-state index is -0.109. The van der Waals surface area contributed by atoms with E-state index in [-0.39, 0.29) is 12.3 Å². The summed E-state index contributed by atoms with van der Waals surface area (Å²) in [4.78, 5) is 14.8. The lowest BCUT2D eigenvalue weighted by Gasteiger charge is -2.24. The molecule has 3 rings (SSSR count). The fraction of sp³-hybridized carbons (Fsp3) is 0.200. The minimum Gasteiger partial charge on any atom is -0.464 e. The number of fused-ring (bicyclic) bond motifs is 1. The molecule has 0 bridgehead atoms. The van der Waals surface area contributed by atoms with E-state index in [0.717, 1.165) is 27.8 Å². The lowest BCUT2D eigenvalue weighted by Crippen LogP contribution is -2.32. The summed E-state index contributed by atoms with van der Waals surface area (Å²) in [6.45, 7) is 4.38. The average Bonchev–Trinajstić information content (AvgIpc) is 3.06. The van der Waals surface area contributed by atoms with E-state index in [9.17, 15) is 4.79 Å². The van der Waals surface area contributed by atoms with Crippen LogP contribution < -0.4 is 4.90 Å². The molecule has 4 heteroatoms. The molecule has 0 fully saturated rings. The molecule has 0 N–H and O–H groups in total. The summed E-state index contributed by atoms with van der Waals surface area (Å²) >= 11 is 0. The highest BCUT2D eigenvalue weighted by molar-refractivity contribution is 6.08. The molecule has 0 aliphatic carbocycles. The first-order valence-electron chi connectivity index (χ1n) is 7.84. The molecule has 24 heavy (non-hydrogen) atoms. The van der Waals surface area contributed by atoms with E-state index in [4.69, 9.17) is 9.68 Å². The van der Waals surface area contributed by atoms with Crippen LogP contribution in [0.15, 0.2) is 53.1 Å². The van der Waals surface area contributed by atoms with E-state index in [0.29, 0.717) is 12.1 Å². The summed E-state index contributed by atoms with van der Waals surface area (Å²) in [5.41, 5.74) is 4.35. The summed E-state index contributed by atoms with van der Waals surface area (Å²) in [5.74, 6) is -0.109. The van der Waals surface area contributed by atoms with E-state index in [2.05, 4.69) is 6.07 Å². The Labute approximate surface area is 140 Å². The maximum absolute atomic E-state index is 13.1. The van der Waals surface area contributed by atoms with Crippen molar-refractivity contribution < 1.29 is 9.21 Å². The Balaban J connectivity index is 2.02. The number of furan rings is 1. The molecule has 0 spiro atoms. The van der Waals surface area contributed by atoms with E-state index >= 15 is 0 Å². The third-order valence-electron chi connectivity index (χ3n) is 4.26. The molecule has 0 atom stereocenters. The summed E-state index contributed by atoms with van der Waals surface area (Å²) in [6.07, 6.45) is 1.89. The number of nitriles is 1. The second-order valence-corrected chi connectivity index (χ2v) is 5.76. The zero-order valence-electron chi connectivity index (χ0n) is 13.7. The van der Waals surface area contributed by atoms with Gasteiger partial charge in [-0.15, -0.1) is 0 Å². The Morgan fingerprint density at radius 3 is 2.83 bits per heavy atom. The van der Waals surface area contributed by atoms with Crippen molar-refractivity contribution in [2.45, 2.75) is 20.3 Å². The van der Waals surface area contributed by atoms with Gasteiger partial charge in [-0.3, -0.25) is 4.79 Å². The van der Waals surface area contributed by atoms with Gasteiger partial charge in [-0.2, -0.15) is 5.26 Å². The molecule has 4 nitrogen and oxygen atoms in total. The number of anilines is 1. The van der Waals surface area contributed by atoms with Crippen molar-refractivity contribution in [1.82, 2.24) is 0 Å². The number of hydrogen-bond acceptors (Lipinski definition) is 3. The van der Waals surface area contributed by atoms with Gasteiger partial charge in [0.05, 0.1) is 18.8 Å². The van der Waals surface area contributed by atoms with E-state index < -0.39 is 0 Å². The van der Waals surface area contributed by atoms with Gasteiger partial charge in [-0.05, 0) is 55.3 Å². The standard InChI is InChI=1S/C20H18N2O2/c1-14-5-3-6-18(15(14)2)22(11-4-10-21)20(23)17-7-8-19-16(13-17)9-12-24-19/h3,5-9,12-13H,4,11H2,1-2H3. The van der Waals surface area contributed by atoms with Gasteiger partial charge < -0.3 is 9.32 Å². The minimum absolute atomic E-state index is 0.109. The smallest absolute Gasteiger partial charge is 0.258 e. The summed E-state index contributed by atoms with van der Waals surface area (Å²) in [7, 11) is 0. The van der Waals surface area contributed by atoms with E-state index in [1.165, 1.54) is 0 Å². The molecule has 120 valence electrons. The summed E-state index contributed by atoms with van der Waals surface area (Å²) < 4.78 is 5.33. The van der Waals surface area contributed by atoms with Crippen molar-refractivity contribution in [3.05, 3.63) is 65.4 Å². The molecular weight excluding hydrogens is 300 g/mol. The van der Waals surface area contributed by atoms with Crippen LogP contribution in [0.2, 0.25) is 0 Å². The zero-order valence-corrected chi connectivity index (χ0v) is 13.7. The van der Waals surface area contributed by atoms with Gasteiger partial charge in [0.15, 0.2) is 0 Å². The number of rotatable bonds is 4. The van der Waals surface area contributed by atoms with Crippen LogP contribution in [0.1, 0.15) is 27.9 Å². The number of carbonyl (C=O) groups is 1. The number of benzene rings is 2. The molecule has 1 heterocycles. The predicted octanol–water partition coefficient (Wildman–Crippen LogP) is 4.61. The van der Waals surface area contributed by atoms with Gasteiger partial charge in [-0.25, -0.2) is 0 Å². The molecule has 0 unspecified atom stereocenters. The first-order chi connectivity index (χ1) is 11.6. The molecule has 1 aromatic heterocycles. The zero-order chi connectivity index (χ0) is 17.1. The van der Waals surface area contributed by atoms with Crippen molar-refractivity contribution >= 4 is 22.6 Å². The number of aryl methyl sites for hydroxylation is 1. The molecular formula is C20H18N2O2. The topological polar surface area (TPSA) is 57.2 Å². The van der Waals surface area contributed by atoms with Crippen LogP contribution in [0.3, 0.4) is 0 Å². The van der Waals surface area contributed by atoms with Gasteiger partial charge in [0.25, 0.3) is 5.91 Å². The predicted molar refractivity (Wildman–Crippen MR) is 94.0 cm³/mol. The lowest BCUT2D eigenvalue weighted by molar-refractivity contribution is 0.0987. The first kappa shape index (κ1) is 15.8. The molecule has 2 aromatic carbocycles. The second-order valence-electron chi connectivity index (χ2n) is 5.76. The van der Waals surface area contributed by atoms with Crippen molar-refractivity contribution in [3.8, 4) is 6.07 Å². The Hall–Kier alpha value is -3.06. The normalized spacial score (nSPS) is 10.5. The van der Waals surface area contributed by atoms with Crippen molar-refractivity contribution in [2.24, 2.45) is 0 Å². The van der Waals surface area contributed by atoms with Crippen molar-refractivity contribution in [1.29, 1.82) is 5.26 Å². The molecule has 0 saturated heterocycles. The summed E-state index contributed by atoms with van der Waals surface area (Å²) in [5, 5.41) is 9.84. The van der Waals surface area contributed by atoms with Gasteiger partial charge in [0, 0.05) is 23.2 Å². The fourth-order valence-corrected chi connectivity index (χ4v) is 2.78. The Kier molecular flexibility index (Phi) is 4.35. The van der Waals surface area contributed by atoms with E-state index in [1.54, 1.807) is 23.3 Å². The first-order valence-corrected chi connectivity index (χ1v) is 7.84. The summed E-state index contributed by atoms with van der Waals surface area (Å²) in [6, 6.07) is 15.2. The SMILES string of the molecule is Cc1cccc(N(CCC#N)C(=O)c2ccc3occc3c2)c1C. The number of hydrogen-bond donors (Lipinski definition) is 0. The van der Waals surface area contributed by atoms with Gasteiger partial charge in [0.2, 0.25) is 0 Å². The average molecular weight is 318 g/mol. The van der Waals surface area contributed by atoms with E-state index in [1.807, 2.05) is 44.2 Å². The van der Waals surface area contributed by atoms with Gasteiger partial charge >= 0.3 is 0 Å². The Bertz CT molecular complexity index is 934. The number of carbonyl (C=O) groups excluding carboxylic acids is 1. The van der Waals surface area contributed by atoms with Crippen LogP contribution in [0.4, 0.5) is 5.69 Å².